The van der Waals surface area contributed by atoms with Crippen LogP contribution in [-0.4, -0.2) is 43.6 Å². The van der Waals surface area contributed by atoms with Crippen molar-refractivity contribution in [3.05, 3.63) is 53.6 Å². The monoisotopic (exact) mass is 432 g/mol. The Morgan fingerprint density at radius 2 is 1.84 bits per heavy atom. The fraction of sp³-hybridized carbons (Fsp3) is 0.286. The molecule has 2 aromatic rings. The van der Waals surface area contributed by atoms with Crippen molar-refractivity contribution in [2.45, 2.75) is 19.6 Å². The van der Waals surface area contributed by atoms with Crippen molar-refractivity contribution in [1.29, 1.82) is 0 Å². The van der Waals surface area contributed by atoms with Crippen LogP contribution >= 0.6 is 0 Å². The number of carbonyl (C=O) groups is 3. The van der Waals surface area contributed by atoms with E-state index in [4.69, 9.17) is 10.5 Å². The highest BCUT2D eigenvalue weighted by molar-refractivity contribution is 5.90. The number of anilines is 1. The first-order valence-electron chi connectivity index (χ1n) is 9.54. The number of primary amides is 1. The van der Waals surface area contributed by atoms with E-state index in [9.17, 15) is 23.2 Å². The normalized spacial score (nSPS) is 15.6. The Kier molecular flexibility index (Phi) is 6.81. The van der Waals surface area contributed by atoms with Crippen LogP contribution in [0.15, 0.2) is 36.4 Å². The number of ether oxygens (including phenoxy) is 1. The van der Waals surface area contributed by atoms with Gasteiger partial charge >= 0.3 is 6.09 Å². The molecule has 164 valence electrons. The number of nitrogens with two attached hydrogens (primary N) is 1. The minimum atomic E-state index is -0.826. The highest BCUT2D eigenvalue weighted by atomic mass is 19.1. The zero-order valence-electron chi connectivity index (χ0n) is 16.8. The summed E-state index contributed by atoms with van der Waals surface area (Å²) in [4.78, 5) is 35.0. The maximum atomic E-state index is 14.8. The molecule has 1 atom stereocenters. The molecule has 0 aromatic heterocycles. The van der Waals surface area contributed by atoms with E-state index in [1.54, 1.807) is 24.3 Å². The Morgan fingerprint density at radius 3 is 2.42 bits per heavy atom. The maximum absolute atomic E-state index is 14.8. The standard InChI is InChI=1S/C21H22F2N4O4/c1-12(28)26-9-16-11-27(21(30)31-16)15-6-17(22)20(18(23)7-15)14-4-2-13(3-5-14)8-25-10-19(24)29/h2-7,16,25H,8-11H2,1H3,(H2,24,29)(H,26,28)/t16-/m0/s1. The molecule has 31 heavy (non-hydrogen) atoms. The highest BCUT2D eigenvalue weighted by Gasteiger charge is 2.33. The second-order valence-corrected chi connectivity index (χ2v) is 7.10. The van der Waals surface area contributed by atoms with Crippen molar-refractivity contribution in [1.82, 2.24) is 10.6 Å². The third-order valence-electron chi connectivity index (χ3n) is 4.66. The van der Waals surface area contributed by atoms with Crippen LogP contribution in [0.3, 0.4) is 0 Å². The van der Waals surface area contributed by atoms with Crippen molar-refractivity contribution >= 4 is 23.6 Å². The lowest BCUT2D eigenvalue weighted by atomic mass is 10.0. The van der Waals surface area contributed by atoms with Gasteiger partial charge in [-0.1, -0.05) is 24.3 Å². The third-order valence-corrected chi connectivity index (χ3v) is 4.66. The second-order valence-electron chi connectivity index (χ2n) is 7.10. The van der Waals surface area contributed by atoms with Gasteiger partial charge in [0.2, 0.25) is 11.8 Å². The average Bonchev–Trinajstić information content (AvgIpc) is 3.07. The molecule has 1 heterocycles. The molecule has 1 aliphatic heterocycles. The minimum Gasteiger partial charge on any atom is -0.442 e. The number of halogens is 2. The topological polar surface area (TPSA) is 114 Å². The van der Waals surface area contributed by atoms with E-state index in [2.05, 4.69) is 10.6 Å². The molecule has 0 radical (unpaired) electrons. The average molecular weight is 432 g/mol. The SMILES string of the molecule is CC(=O)NC[C@H]1CN(c2cc(F)c(-c3ccc(CNCC(N)=O)cc3)c(F)c2)C(=O)O1. The van der Waals surface area contributed by atoms with E-state index in [0.717, 1.165) is 22.6 Å². The Morgan fingerprint density at radius 1 is 1.19 bits per heavy atom. The summed E-state index contributed by atoms with van der Waals surface area (Å²) in [5.41, 5.74) is 6.01. The number of benzene rings is 2. The third kappa shape index (κ3) is 5.54. The van der Waals surface area contributed by atoms with E-state index in [1.165, 1.54) is 6.92 Å². The van der Waals surface area contributed by atoms with Crippen molar-refractivity contribution in [2.75, 3.05) is 24.5 Å². The molecule has 8 nitrogen and oxygen atoms in total. The smallest absolute Gasteiger partial charge is 0.414 e. The first-order valence-corrected chi connectivity index (χ1v) is 9.54. The molecule has 3 rings (SSSR count). The molecule has 1 aliphatic rings. The predicted molar refractivity (Wildman–Crippen MR) is 109 cm³/mol. The fourth-order valence-electron chi connectivity index (χ4n) is 3.21. The van der Waals surface area contributed by atoms with Gasteiger partial charge in [-0.2, -0.15) is 0 Å². The number of amides is 3. The van der Waals surface area contributed by atoms with E-state index >= 15 is 0 Å². The Bertz CT molecular complexity index is 974. The molecule has 0 aliphatic carbocycles. The van der Waals surface area contributed by atoms with Gasteiger partial charge in [0.1, 0.15) is 17.7 Å². The number of hydrogen-bond acceptors (Lipinski definition) is 5. The molecule has 0 spiro atoms. The van der Waals surface area contributed by atoms with Gasteiger partial charge in [-0.15, -0.1) is 0 Å². The van der Waals surface area contributed by atoms with Gasteiger partial charge in [0, 0.05) is 13.5 Å². The Hall–Kier alpha value is -3.53. The quantitative estimate of drug-likeness (QED) is 0.587. The molecule has 3 amide bonds. The van der Waals surface area contributed by atoms with Crippen LogP contribution in [-0.2, 0) is 20.9 Å². The summed E-state index contributed by atoms with van der Waals surface area (Å²) >= 11 is 0. The van der Waals surface area contributed by atoms with Crippen LogP contribution in [0.25, 0.3) is 11.1 Å². The van der Waals surface area contributed by atoms with Crippen molar-refractivity contribution in [3.8, 4) is 11.1 Å². The molecule has 1 fully saturated rings. The number of nitrogens with one attached hydrogen (secondary N) is 2. The van der Waals surface area contributed by atoms with Crippen molar-refractivity contribution < 1.29 is 27.9 Å². The zero-order valence-corrected chi connectivity index (χ0v) is 16.8. The maximum Gasteiger partial charge on any atom is 0.414 e. The van der Waals surface area contributed by atoms with Gasteiger partial charge in [-0.25, -0.2) is 13.6 Å². The van der Waals surface area contributed by atoms with Crippen LogP contribution in [0, 0.1) is 11.6 Å². The van der Waals surface area contributed by atoms with Crippen LogP contribution < -0.4 is 21.3 Å². The van der Waals surface area contributed by atoms with Crippen LogP contribution in [0.2, 0.25) is 0 Å². The summed E-state index contributed by atoms with van der Waals surface area (Å²) < 4.78 is 34.7. The van der Waals surface area contributed by atoms with Gasteiger partial charge in [-0.3, -0.25) is 14.5 Å². The molecule has 1 saturated heterocycles. The summed E-state index contributed by atoms with van der Waals surface area (Å²) in [6.07, 6.45) is -1.35. The van der Waals surface area contributed by atoms with E-state index < -0.39 is 29.7 Å². The molecule has 4 N–H and O–H groups in total. The van der Waals surface area contributed by atoms with Gasteiger partial charge in [-0.05, 0) is 23.3 Å². The van der Waals surface area contributed by atoms with Gasteiger partial charge < -0.3 is 21.1 Å². The lowest BCUT2D eigenvalue weighted by molar-refractivity contribution is -0.119. The zero-order chi connectivity index (χ0) is 22.5. The number of rotatable bonds is 8. The second kappa shape index (κ2) is 9.52. The summed E-state index contributed by atoms with van der Waals surface area (Å²) in [5.74, 6) is -2.41. The summed E-state index contributed by atoms with van der Waals surface area (Å²) in [6, 6.07) is 8.64. The van der Waals surface area contributed by atoms with Gasteiger partial charge in [0.25, 0.3) is 0 Å². The number of hydrogen-bond donors (Lipinski definition) is 3. The van der Waals surface area contributed by atoms with Crippen LogP contribution in [0.4, 0.5) is 19.3 Å². The summed E-state index contributed by atoms with van der Waals surface area (Å²) in [5, 5.41) is 5.39. The largest absolute Gasteiger partial charge is 0.442 e. The molecule has 0 unspecified atom stereocenters. The molecular weight excluding hydrogens is 410 g/mol. The van der Waals surface area contributed by atoms with E-state index in [1.807, 2.05) is 0 Å². The summed E-state index contributed by atoms with van der Waals surface area (Å²) in [7, 11) is 0. The fourth-order valence-corrected chi connectivity index (χ4v) is 3.21. The lowest BCUT2D eigenvalue weighted by Crippen LogP contribution is -2.33. The Balaban J connectivity index is 1.74. The molecule has 2 aromatic carbocycles. The number of nitrogens with zero attached hydrogens (tertiary/aromatic N) is 1. The number of cyclic esters (lactones) is 1. The van der Waals surface area contributed by atoms with Gasteiger partial charge in [0.05, 0.1) is 30.9 Å². The summed E-state index contributed by atoms with van der Waals surface area (Å²) in [6.45, 7) is 1.91. The highest BCUT2D eigenvalue weighted by Crippen LogP contribution is 2.32. The molecule has 0 saturated carbocycles. The first-order chi connectivity index (χ1) is 14.7. The van der Waals surface area contributed by atoms with Gasteiger partial charge in [0.15, 0.2) is 0 Å². The Labute approximate surface area is 177 Å². The number of carbonyl (C=O) groups excluding carboxylic acids is 3. The molecular formula is C21H22F2N4O4. The van der Waals surface area contributed by atoms with Crippen LogP contribution in [0.5, 0.6) is 0 Å². The predicted octanol–water partition coefficient (Wildman–Crippen LogP) is 1.67. The van der Waals surface area contributed by atoms with Crippen LogP contribution in [0.1, 0.15) is 12.5 Å². The molecule has 0 bridgehead atoms. The van der Waals surface area contributed by atoms with Crippen molar-refractivity contribution in [3.63, 3.8) is 0 Å². The first kappa shape index (κ1) is 22.2. The minimum absolute atomic E-state index is 0.0249. The van der Waals surface area contributed by atoms with Crippen molar-refractivity contribution in [2.24, 2.45) is 5.73 Å². The van der Waals surface area contributed by atoms with E-state index in [-0.39, 0.29) is 36.8 Å². The molecule has 10 heteroatoms. The lowest BCUT2D eigenvalue weighted by Gasteiger charge is -2.15. The van der Waals surface area contributed by atoms with E-state index in [0.29, 0.717) is 12.1 Å².